The van der Waals surface area contributed by atoms with Crippen molar-refractivity contribution in [2.45, 2.75) is 25.8 Å². The largest absolute Gasteiger partial charge is 0.369 e. The lowest BCUT2D eigenvalue weighted by molar-refractivity contribution is 0.339. The fourth-order valence-corrected chi connectivity index (χ4v) is 2.10. The van der Waals surface area contributed by atoms with Gasteiger partial charge in [-0.25, -0.2) is 4.99 Å². The van der Waals surface area contributed by atoms with Crippen LogP contribution in [-0.4, -0.2) is 29.9 Å². The maximum absolute atomic E-state index is 5.93. The first-order chi connectivity index (χ1) is 9.25. The second-order valence-electron chi connectivity index (χ2n) is 4.68. The van der Waals surface area contributed by atoms with Crippen molar-refractivity contribution in [3.8, 4) is 0 Å². The summed E-state index contributed by atoms with van der Waals surface area (Å²) in [5.41, 5.74) is 12.8. The number of piperidine rings is 1. The predicted octanol–water partition coefficient (Wildman–Crippen LogP) is 1.72. The summed E-state index contributed by atoms with van der Waals surface area (Å²) in [6, 6.07) is 9.95. The fourth-order valence-electron chi connectivity index (χ4n) is 2.10. The van der Waals surface area contributed by atoms with Crippen LogP contribution in [0.5, 0.6) is 0 Å². The van der Waals surface area contributed by atoms with E-state index in [9.17, 15) is 0 Å². The molecular formula is C14H22ClN5. The van der Waals surface area contributed by atoms with Crippen molar-refractivity contribution in [1.82, 2.24) is 4.90 Å². The summed E-state index contributed by atoms with van der Waals surface area (Å²) in [4.78, 5) is 10.5. The zero-order valence-electron chi connectivity index (χ0n) is 11.5. The molecular weight excluding hydrogens is 274 g/mol. The summed E-state index contributed by atoms with van der Waals surface area (Å²) in [5.74, 6) is 0.723. The van der Waals surface area contributed by atoms with E-state index in [-0.39, 0.29) is 18.4 Å². The van der Waals surface area contributed by atoms with Gasteiger partial charge in [0.1, 0.15) is 0 Å². The highest BCUT2D eigenvalue weighted by Gasteiger charge is 2.11. The fraction of sp³-hybridized carbons (Fsp3) is 0.429. The van der Waals surface area contributed by atoms with E-state index in [0.717, 1.165) is 31.5 Å². The minimum Gasteiger partial charge on any atom is -0.369 e. The molecule has 0 bridgehead atoms. The zero-order valence-corrected chi connectivity index (χ0v) is 12.4. The van der Waals surface area contributed by atoms with Crippen LogP contribution in [-0.2, 0) is 6.54 Å². The number of benzene rings is 1. The molecule has 0 aromatic heterocycles. The van der Waals surface area contributed by atoms with Crippen LogP contribution in [0.2, 0.25) is 0 Å². The van der Waals surface area contributed by atoms with Crippen molar-refractivity contribution in [3.63, 3.8) is 0 Å². The van der Waals surface area contributed by atoms with Gasteiger partial charge >= 0.3 is 0 Å². The molecule has 5 nitrogen and oxygen atoms in total. The number of hydrogen-bond acceptors (Lipinski definition) is 1. The van der Waals surface area contributed by atoms with Crippen molar-refractivity contribution in [2.75, 3.05) is 13.1 Å². The maximum Gasteiger partial charge on any atom is 0.218 e. The topological polar surface area (TPSA) is 80.0 Å². The van der Waals surface area contributed by atoms with E-state index in [0.29, 0.717) is 12.5 Å². The van der Waals surface area contributed by atoms with Gasteiger partial charge in [-0.05, 0) is 24.8 Å². The molecule has 1 aromatic carbocycles. The lowest BCUT2D eigenvalue weighted by Crippen LogP contribution is -2.41. The van der Waals surface area contributed by atoms with Gasteiger partial charge in [-0.2, -0.15) is 4.99 Å². The van der Waals surface area contributed by atoms with E-state index < -0.39 is 0 Å². The molecule has 0 atom stereocenters. The first-order valence-corrected chi connectivity index (χ1v) is 6.68. The van der Waals surface area contributed by atoms with Crippen LogP contribution in [0.1, 0.15) is 24.8 Å². The second kappa shape index (κ2) is 8.43. The van der Waals surface area contributed by atoms with E-state index in [1.807, 2.05) is 30.3 Å². The van der Waals surface area contributed by atoms with Crippen molar-refractivity contribution in [2.24, 2.45) is 21.5 Å². The average molecular weight is 296 g/mol. The van der Waals surface area contributed by atoms with Gasteiger partial charge in [-0.3, -0.25) is 0 Å². The summed E-state index contributed by atoms with van der Waals surface area (Å²) < 4.78 is 0. The third-order valence-corrected chi connectivity index (χ3v) is 3.18. The molecule has 4 N–H and O–H groups in total. The highest BCUT2D eigenvalue weighted by atomic mass is 35.5. The average Bonchev–Trinajstić information content (AvgIpc) is 2.47. The summed E-state index contributed by atoms with van der Waals surface area (Å²) >= 11 is 0. The van der Waals surface area contributed by atoms with Crippen LogP contribution >= 0.6 is 12.4 Å². The number of guanidine groups is 2. The quantitative estimate of drug-likeness (QED) is 0.644. The molecule has 1 heterocycles. The molecule has 2 rings (SSSR count). The minimum absolute atomic E-state index is 0. The lowest BCUT2D eigenvalue weighted by Gasteiger charge is -2.27. The highest BCUT2D eigenvalue weighted by Crippen LogP contribution is 2.07. The Morgan fingerprint density at radius 1 is 1.05 bits per heavy atom. The van der Waals surface area contributed by atoms with Crippen molar-refractivity contribution < 1.29 is 0 Å². The Morgan fingerprint density at radius 2 is 1.70 bits per heavy atom. The molecule has 1 aliphatic heterocycles. The molecule has 0 amide bonds. The van der Waals surface area contributed by atoms with Crippen LogP contribution < -0.4 is 11.5 Å². The Hall–Kier alpha value is -1.75. The Morgan fingerprint density at radius 3 is 2.35 bits per heavy atom. The van der Waals surface area contributed by atoms with Crippen molar-refractivity contribution in [1.29, 1.82) is 0 Å². The van der Waals surface area contributed by atoms with E-state index >= 15 is 0 Å². The molecule has 20 heavy (non-hydrogen) atoms. The van der Waals surface area contributed by atoms with Gasteiger partial charge in [0.2, 0.25) is 5.96 Å². The normalized spacial score (nSPS) is 16.7. The van der Waals surface area contributed by atoms with Gasteiger partial charge in [0.05, 0.1) is 6.54 Å². The number of halogens is 1. The Kier molecular flexibility index (Phi) is 6.87. The van der Waals surface area contributed by atoms with Crippen LogP contribution in [0.15, 0.2) is 40.3 Å². The van der Waals surface area contributed by atoms with E-state index in [4.69, 9.17) is 11.5 Å². The number of hydrogen-bond donors (Lipinski definition) is 2. The van der Waals surface area contributed by atoms with Crippen LogP contribution in [0.3, 0.4) is 0 Å². The van der Waals surface area contributed by atoms with Crippen LogP contribution in [0, 0.1) is 0 Å². The number of likely N-dealkylation sites (tertiary alicyclic amines) is 1. The second-order valence-corrected chi connectivity index (χ2v) is 4.68. The molecule has 0 aliphatic carbocycles. The van der Waals surface area contributed by atoms with E-state index in [1.165, 1.54) is 6.42 Å². The number of aliphatic imine (C=N–C) groups is 2. The minimum atomic E-state index is 0. The van der Waals surface area contributed by atoms with Crippen molar-refractivity contribution >= 4 is 24.3 Å². The Balaban J connectivity index is 0.00000200. The summed E-state index contributed by atoms with van der Waals surface area (Å²) in [6.07, 6.45) is 3.59. The van der Waals surface area contributed by atoms with Crippen molar-refractivity contribution in [3.05, 3.63) is 35.9 Å². The molecule has 1 aliphatic rings. The molecule has 110 valence electrons. The van der Waals surface area contributed by atoms with Gasteiger partial charge in [-0.15, -0.1) is 12.4 Å². The smallest absolute Gasteiger partial charge is 0.218 e. The highest BCUT2D eigenvalue weighted by molar-refractivity contribution is 5.93. The van der Waals surface area contributed by atoms with Gasteiger partial charge in [0, 0.05) is 13.1 Å². The first kappa shape index (κ1) is 16.3. The molecule has 0 unspecified atom stereocenters. The number of rotatable bonds is 2. The molecule has 0 saturated carbocycles. The lowest BCUT2D eigenvalue weighted by atomic mass is 10.1. The number of nitrogens with zero attached hydrogens (tertiary/aromatic N) is 3. The zero-order chi connectivity index (χ0) is 13.5. The summed E-state index contributed by atoms with van der Waals surface area (Å²) in [5, 5.41) is 0. The van der Waals surface area contributed by atoms with Crippen LogP contribution in [0.4, 0.5) is 0 Å². The van der Waals surface area contributed by atoms with Gasteiger partial charge < -0.3 is 16.4 Å². The molecule has 1 aromatic rings. The van der Waals surface area contributed by atoms with Crippen LogP contribution in [0.25, 0.3) is 0 Å². The molecule has 1 fully saturated rings. The Bertz CT molecular complexity index is 452. The third kappa shape index (κ3) is 5.09. The third-order valence-electron chi connectivity index (χ3n) is 3.18. The SMILES string of the molecule is Cl.NC(=NCc1ccccc1)N=C(N)N1CCCCC1. The Labute approximate surface area is 126 Å². The number of nitrogens with two attached hydrogens (primary N) is 2. The maximum atomic E-state index is 5.93. The first-order valence-electron chi connectivity index (χ1n) is 6.68. The van der Waals surface area contributed by atoms with E-state index in [1.54, 1.807) is 0 Å². The molecule has 0 spiro atoms. The van der Waals surface area contributed by atoms with Gasteiger partial charge in [0.25, 0.3) is 0 Å². The monoisotopic (exact) mass is 295 g/mol. The summed E-state index contributed by atoms with van der Waals surface area (Å²) in [6.45, 7) is 2.45. The van der Waals surface area contributed by atoms with E-state index in [2.05, 4.69) is 14.9 Å². The van der Waals surface area contributed by atoms with Gasteiger partial charge in [-0.1, -0.05) is 30.3 Å². The molecule has 1 saturated heterocycles. The predicted molar refractivity (Wildman–Crippen MR) is 86.1 cm³/mol. The molecule has 6 heteroatoms. The summed E-state index contributed by atoms with van der Waals surface area (Å²) in [7, 11) is 0. The molecule has 0 radical (unpaired) electrons. The van der Waals surface area contributed by atoms with Gasteiger partial charge in [0.15, 0.2) is 5.96 Å². The standard InChI is InChI=1S/C14H21N5.ClH/c15-13(17-11-12-7-3-1-4-8-12)18-14(16)19-9-5-2-6-10-19;/h1,3-4,7-8H,2,5-6,9-11H2,(H4,15,16,17,18);1H.